The summed E-state index contributed by atoms with van der Waals surface area (Å²) in [5.74, 6) is -1.11. The number of unbranched alkanes of at least 4 members (excludes halogenated alkanes) is 3. The number of nitrogens with zero attached hydrogens (tertiary/aromatic N) is 5. The van der Waals surface area contributed by atoms with Crippen molar-refractivity contribution in [2.45, 2.75) is 62.3 Å². The summed E-state index contributed by atoms with van der Waals surface area (Å²) in [7, 11) is 0. The molecule has 1 fully saturated rings. The van der Waals surface area contributed by atoms with Crippen LogP contribution in [-0.4, -0.2) is 73.5 Å². The molecule has 0 bridgehead atoms. The number of esters is 3. The van der Waals surface area contributed by atoms with Gasteiger partial charge in [0.25, 0.3) is 0 Å². The smallest absolute Gasteiger partial charge is 0.338 e. The third-order valence-electron chi connectivity index (χ3n) is 7.98. The Morgan fingerprint density at radius 2 is 1.36 bits per heavy atom. The molecule has 0 radical (unpaired) electrons. The van der Waals surface area contributed by atoms with Crippen molar-refractivity contribution in [3.05, 3.63) is 108 Å². The minimum atomic E-state index is -1.29. The largest absolute Gasteiger partial charge is 0.459 e. The van der Waals surface area contributed by atoms with E-state index in [9.17, 15) is 14.4 Å². The number of rotatable bonds is 14. The molecule has 258 valence electrons. The second kappa shape index (κ2) is 16.4. The monoisotopic (exact) mass is 696 g/mol. The normalized spacial score (nSPS) is 18.5. The first-order chi connectivity index (χ1) is 24.4. The Kier molecular flexibility index (Phi) is 11.3. The number of aromatic nitrogens is 5. The van der Waals surface area contributed by atoms with E-state index < -0.39 is 42.4 Å². The fourth-order valence-corrected chi connectivity index (χ4v) is 6.26. The van der Waals surface area contributed by atoms with Gasteiger partial charge in [0.2, 0.25) is 0 Å². The van der Waals surface area contributed by atoms with E-state index in [0.717, 1.165) is 31.4 Å². The molecule has 0 spiro atoms. The van der Waals surface area contributed by atoms with Crippen LogP contribution >= 0.6 is 11.8 Å². The molecular weight excluding hydrogens is 660 g/mol. The summed E-state index contributed by atoms with van der Waals surface area (Å²) in [4.78, 5) is 49.1. The first kappa shape index (κ1) is 34.5. The molecule has 3 aromatic carbocycles. The van der Waals surface area contributed by atoms with Crippen LogP contribution in [0.4, 0.5) is 5.82 Å². The van der Waals surface area contributed by atoms with Crippen LogP contribution in [0.25, 0.3) is 11.2 Å². The molecule has 1 saturated heterocycles. The van der Waals surface area contributed by atoms with Gasteiger partial charge in [0.1, 0.15) is 12.7 Å². The Bertz CT molecular complexity index is 1910. The van der Waals surface area contributed by atoms with E-state index in [0.29, 0.717) is 10.7 Å². The molecule has 50 heavy (non-hydrogen) atoms. The van der Waals surface area contributed by atoms with Crippen LogP contribution in [0.5, 0.6) is 0 Å². The first-order valence-electron chi connectivity index (χ1n) is 16.3. The first-order valence-corrected chi connectivity index (χ1v) is 17.3. The van der Waals surface area contributed by atoms with Gasteiger partial charge in [-0.3, -0.25) is 0 Å². The lowest BCUT2D eigenvalue weighted by Gasteiger charge is -2.24. The molecule has 1 aliphatic heterocycles. The summed E-state index contributed by atoms with van der Waals surface area (Å²) in [5.41, 5.74) is 7.59. The number of thioether (sulfide) groups is 1. The predicted molar refractivity (Wildman–Crippen MR) is 184 cm³/mol. The Balaban J connectivity index is 1.36. The highest BCUT2D eigenvalue weighted by molar-refractivity contribution is 7.99. The number of anilines is 1. The minimum Gasteiger partial charge on any atom is -0.459 e. The number of nitrogen functional groups attached to an aromatic ring is 1. The number of benzene rings is 3. The van der Waals surface area contributed by atoms with Gasteiger partial charge >= 0.3 is 17.9 Å². The maximum Gasteiger partial charge on any atom is 0.338 e. The summed E-state index contributed by atoms with van der Waals surface area (Å²) in [6, 6.07) is 25.1. The lowest BCUT2D eigenvalue weighted by Crippen LogP contribution is -2.41. The summed E-state index contributed by atoms with van der Waals surface area (Å²) < 4.78 is 25.5. The molecular formula is C36H36N6O7S. The SMILES string of the molecule is CCCCCCSc1nc(N)c2nnn([C@@H]3O[C@H](COC(=O)c4ccccc4)[C@@H](OC(=O)c4ccccc4)[C@H]3OC(=O)c3ccccc3)c2n1. The van der Waals surface area contributed by atoms with Crippen molar-refractivity contribution < 1.29 is 33.3 Å². The Labute approximate surface area is 292 Å². The minimum absolute atomic E-state index is 0.119. The molecule has 0 aliphatic carbocycles. The second-order valence-electron chi connectivity index (χ2n) is 11.5. The number of ether oxygens (including phenoxy) is 4. The lowest BCUT2D eigenvalue weighted by molar-refractivity contribution is -0.0661. The van der Waals surface area contributed by atoms with Crippen LogP contribution in [0.3, 0.4) is 0 Å². The molecule has 13 nitrogen and oxygen atoms in total. The standard InChI is InChI=1S/C36H36N6O7S/c1-2-3-4-14-21-50-36-38-30(37)27-31(39-36)42(41-40-27)32-29(49-35(45)25-19-12-7-13-20-25)28(48-34(44)24-17-10-6-11-18-24)26(47-32)22-46-33(43)23-15-8-5-9-16-23/h5-13,15-20,26,28-29,32H,2-4,14,21-22H2,1H3,(H2,37,38,39)/t26-,28-,29-,32-/m1/s1. The van der Waals surface area contributed by atoms with Crippen LogP contribution in [-0.2, 0) is 18.9 Å². The highest BCUT2D eigenvalue weighted by Crippen LogP contribution is 2.37. The summed E-state index contributed by atoms with van der Waals surface area (Å²) in [6.07, 6.45) is -0.534. The molecule has 1 aliphatic rings. The maximum atomic E-state index is 13.5. The third kappa shape index (κ3) is 8.09. The average Bonchev–Trinajstić information content (AvgIpc) is 3.72. The van der Waals surface area contributed by atoms with E-state index in [2.05, 4.69) is 22.2 Å². The summed E-state index contributed by atoms with van der Waals surface area (Å²) in [5, 5.41) is 8.92. The maximum absolute atomic E-state index is 13.5. The topological polar surface area (TPSA) is 171 Å². The van der Waals surface area contributed by atoms with Crippen molar-refractivity contribution in [2.24, 2.45) is 0 Å². The fraction of sp³-hybridized carbons (Fsp3) is 0.306. The van der Waals surface area contributed by atoms with Gasteiger partial charge in [0.15, 0.2) is 40.6 Å². The Hall–Kier alpha value is -5.34. The Morgan fingerprint density at radius 1 is 0.780 bits per heavy atom. The van der Waals surface area contributed by atoms with Gasteiger partial charge in [-0.2, -0.15) is 4.68 Å². The molecule has 3 heterocycles. The molecule has 0 saturated carbocycles. The number of hydrogen-bond donors (Lipinski definition) is 1. The van der Waals surface area contributed by atoms with Crippen LogP contribution in [0.2, 0.25) is 0 Å². The van der Waals surface area contributed by atoms with E-state index in [-0.39, 0.29) is 34.7 Å². The average molecular weight is 697 g/mol. The van der Waals surface area contributed by atoms with Crippen LogP contribution in [0, 0.1) is 0 Å². The summed E-state index contributed by atoms with van der Waals surface area (Å²) >= 11 is 1.46. The molecule has 6 rings (SSSR count). The lowest BCUT2D eigenvalue weighted by atomic mass is 10.1. The zero-order chi connectivity index (χ0) is 34.9. The van der Waals surface area contributed by atoms with E-state index in [1.807, 2.05) is 0 Å². The number of nitrogens with two attached hydrogens (primary N) is 1. The molecule has 14 heteroatoms. The molecule has 4 atom stereocenters. The number of hydrogen-bond acceptors (Lipinski definition) is 13. The van der Waals surface area contributed by atoms with Crippen molar-refractivity contribution in [1.82, 2.24) is 25.0 Å². The van der Waals surface area contributed by atoms with E-state index in [1.54, 1.807) is 91.0 Å². The van der Waals surface area contributed by atoms with Crippen LogP contribution in [0.1, 0.15) is 69.9 Å². The van der Waals surface area contributed by atoms with Crippen LogP contribution < -0.4 is 5.73 Å². The van der Waals surface area contributed by atoms with E-state index in [4.69, 9.17) is 29.7 Å². The summed E-state index contributed by atoms with van der Waals surface area (Å²) in [6.45, 7) is 1.80. The zero-order valence-corrected chi connectivity index (χ0v) is 28.1. The second-order valence-corrected chi connectivity index (χ2v) is 12.6. The van der Waals surface area contributed by atoms with Gasteiger partial charge in [0, 0.05) is 5.75 Å². The van der Waals surface area contributed by atoms with Gasteiger partial charge in [-0.05, 0) is 42.8 Å². The van der Waals surface area contributed by atoms with Gasteiger partial charge in [0.05, 0.1) is 16.7 Å². The zero-order valence-electron chi connectivity index (χ0n) is 27.3. The predicted octanol–water partition coefficient (Wildman–Crippen LogP) is 5.68. The van der Waals surface area contributed by atoms with Crippen molar-refractivity contribution in [3.8, 4) is 0 Å². The van der Waals surface area contributed by atoms with Crippen LogP contribution in [0.15, 0.2) is 96.2 Å². The Morgan fingerprint density at radius 3 is 1.96 bits per heavy atom. The van der Waals surface area contributed by atoms with E-state index in [1.165, 1.54) is 16.4 Å². The van der Waals surface area contributed by atoms with Crippen molar-refractivity contribution in [2.75, 3.05) is 18.1 Å². The molecule has 0 amide bonds. The van der Waals surface area contributed by atoms with Crippen molar-refractivity contribution in [1.29, 1.82) is 0 Å². The molecule has 2 aromatic heterocycles. The molecule has 0 unspecified atom stereocenters. The van der Waals surface area contributed by atoms with E-state index >= 15 is 0 Å². The quantitative estimate of drug-likeness (QED) is 0.0495. The number of carbonyl (C=O) groups is 3. The van der Waals surface area contributed by atoms with Crippen molar-refractivity contribution in [3.63, 3.8) is 0 Å². The fourth-order valence-electron chi connectivity index (χ4n) is 5.41. The number of carbonyl (C=O) groups excluding carboxylic acids is 3. The third-order valence-corrected chi connectivity index (χ3v) is 8.91. The van der Waals surface area contributed by atoms with Crippen molar-refractivity contribution >= 4 is 46.7 Å². The molecule has 2 N–H and O–H groups in total. The number of fused-ring (bicyclic) bond motifs is 1. The van der Waals surface area contributed by atoms with Gasteiger partial charge in [-0.1, -0.05) is 97.8 Å². The highest BCUT2D eigenvalue weighted by atomic mass is 32.2. The van der Waals surface area contributed by atoms with Gasteiger partial charge < -0.3 is 24.7 Å². The highest BCUT2D eigenvalue weighted by Gasteiger charge is 2.52. The molecule has 5 aromatic rings. The van der Waals surface area contributed by atoms with Gasteiger partial charge in [-0.15, -0.1) is 5.10 Å². The van der Waals surface area contributed by atoms with Gasteiger partial charge in [-0.25, -0.2) is 24.4 Å².